The molecule has 2 N–H and O–H groups in total. The molecule has 39 heavy (non-hydrogen) atoms. The van der Waals surface area contributed by atoms with Crippen LogP contribution in [-0.2, 0) is 0 Å². The highest BCUT2D eigenvalue weighted by molar-refractivity contribution is 6.09. The summed E-state index contributed by atoms with van der Waals surface area (Å²) in [6.07, 6.45) is 21.9. The summed E-state index contributed by atoms with van der Waals surface area (Å²) in [5.41, 5.74) is 4.05. The van der Waals surface area contributed by atoms with Gasteiger partial charge >= 0.3 is 0 Å². The molecule has 5 aliphatic carbocycles. The second kappa shape index (κ2) is 8.88. The number of aliphatic hydroxyl groups is 2. The van der Waals surface area contributed by atoms with Crippen LogP contribution >= 0.6 is 0 Å². The van der Waals surface area contributed by atoms with E-state index in [0.717, 1.165) is 12.8 Å². The Morgan fingerprint density at radius 1 is 0.615 bits per heavy atom. The van der Waals surface area contributed by atoms with Crippen molar-refractivity contribution in [3.05, 3.63) is 131 Å². The van der Waals surface area contributed by atoms with Crippen molar-refractivity contribution in [1.29, 1.82) is 0 Å². The molecule has 8 rings (SSSR count). The molecule has 3 aromatic carbocycles. The minimum absolute atomic E-state index is 0.305. The summed E-state index contributed by atoms with van der Waals surface area (Å²) in [6, 6.07) is 20.4. The maximum atomic E-state index is 10.4. The first-order valence-corrected chi connectivity index (χ1v) is 14.6. The van der Waals surface area contributed by atoms with Crippen molar-refractivity contribution in [3.8, 4) is 0 Å². The van der Waals surface area contributed by atoms with Gasteiger partial charge < -0.3 is 10.2 Å². The fraction of sp³-hybridized carbons (Fsp3) is 0.297. The second-order valence-electron chi connectivity index (χ2n) is 12.3. The average Bonchev–Trinajstić information content (AvgIpc) is 3.13. The third-order valence-corrected chi connectivity index (χ3v) is 10.5. The predicted octanol–water partition coefficient (Wildman–Crippen LogP) is 9.25. The van der Waals surface area contributed by atoms with E-state index in [1.165, 1.54) is 51.1 Å². The number of hydrogen-bond acceptors (Lipinski definition) is 2. The van der Waals surface area contributed by atoms with Crippen molar-refractivity contribution in [2.75, 3.05) is 0 Å². The Morgan fingerprint density at radius 2 is 1.15 bits per heavy atom. The largest absolute Gasteiger partial charge is 0.508 e. The Morgan fingerprint density at radius 3 is 1.77 bits per heavy atom. The molecular formula is C37H34O2. The lowest BCUT2D eigenvalue weighted by Gasteiger charge is -2.48. The van der Waals surface area contributed by atoms with Gasteiger partial charge in [-0.15, -0.1) is 0 Å². The van der Waals surface area contributed by atoms with E-state index >= 15 is 0 Å². The van der Waals surface area contributed by atoms with Crippen LogP contribution in [0.15, 0.2) is 126 Å². The maximum absolute atomic E-state index is 10.4. The molecular weight excluding hydrogens is 476 g/mol. The van der Waals surface area contributed by atoms with Gasteiger partial charge in [-0.25, -0.2) is 0 Å². The van der Waals surface area contributed by atoms with E-state index in [9.17, 15) is 10.2 Å². The summed E-state index contributed by atoms with van der Waals surface area (Å²) in [6.45, 7) is 0. The van der Waals surface area contributed by atoms with Crippen LogP contribution in [0, 0.1) is 35.5 Å². The monoisotopic (exact) mass is 510 g/mol. The summed E-state index contributed by atoms with van der Waals surface area (Å²) < 4.78 is 0. The van der Waals surface area contributed by atoms with E-state index in [0.29, 0.717) is 52.9 Å². The number of allylic oxidation sites excluding steroid dienone is 10. The molecule has 1 fully saturated rings. The van der Waals surface area contributed by atoms with Gasteiger partial charge in [-0.3, -0.25) is 0 Å². The van der Waals surface area contributed by atoms with E-state index in [1.807, 2.05) is 24.3 Å². The molecule has 194 valence electrons. The van der Waals surface area contributed by atoms with E-state index in [1.54, 1.807) is 0 Å². The van der Waals surface area contributed by atoms with Crippen LogP contribution in [0.4, 0.5) is 0 Å². The minimum Gasteiger partial charge on any atom is -0.508 e. The lowest BCUT2D eigenvalue weighted by Crippen LogP contribution is -2.39. The van der Waals surface area contributed by atoms with Crippen LogP contribution in [0.25, 0.3) is 21.5 Å². The van der Waals surface area contributed by atoms with Crippen molar-refractivity contribution < 1.29 is 10.2 Å². The molecule has 0 spiro atoms. The molecule has 2 heteroatoms. The van der Waals surface area contributed by atoms with Crippen molar-refractivity contribution in [3.63, 3.8) is 0 Å². The molecule has 1 saturated carbocycles. The van der Waals surface area contributed by atoms with Gasteiger partial charge in [-0.2, -0.15) is 0 Å². The molecule has 0 heterocycles. The highest BCUT2D eigenvalue weighted by Crippen LogP contribution is 2.60. The van der Waals surface area contributed by atoms with Gasteiger partial charge in [-0.1, -0.05) is 78.9 Å². The third-order valence-electron chi connectivity index (χ3n) is 10.5. The fourth-order valence-electron chi connectivity index (χ4n) is 8.94. The number of hydrogen-bond donors (Lipinski definition) is 2. The topological polar surface area (TPSA) is 40.5 Å². The Labute approximate surface area is 230 Å². The van der Waals surface area contributed by atoms with Gasteiger partial charge in [0.1, 0.15) is 11.5 Å². The number of rotatable bonds is 1. The van der Waals surface area contributed by atoms with Crippen LogP contribution < -0.4 is 0 Å². The zero-order valence-electron chi connectivity index (χ0n) is 22.1. The molecule has 0 aliphatic heterocycles. The normalized spacial score (nSPS) is 33.1. The number of benzene rings is 3. The van der Waals surface area contributed by atoms with Gasteiger partial charge in [0.05, 0.1) is 0 Å². The first-order chi connectivity index (χ1) is 19.2. The molecule has 0 radical (unpaired) electrons. The lowest BCUT2D eigenvalue weighted by molar-refractivity contribution is 0.154. The molecule has 0 amide bonds. The molecule has 7 atom stereocenters. The molecule has 3 aromatic rings. The summed E-state index contributed by atoms with van der Waals surface area (Å²) in [5.74, 6) is 3.84. The summed E-state index contributed by atoms with van der Waals surface area (Å²) in [4.78, 5) is 0. The quantitative estimate of drug-likeness (QED) is 0.320. The third kappa shape index (κ3) is 3.61. The zero-order chi connectivity index (χ0) is 26.1. The van der Waals surface area contributed by atoms with Gasteiger partial charge in [0.15, 0.2) is 0 Å². The highest BCUT2D eigenvalue weighted by Gasteiger charge is 2.50. The fourth-order valence-corrected chi connectivity index (χ4v) is 8.94. The Balaban J connectivity index is 1.40. The van der Waals surface area contributed by atoms with Crippen molar-refractivity contribution in [2.45, 2.75) is 31.6 Å². The molecule has 5 aliphatic rings. The molecule has 5 unspecified atom stereocenters. The predicted molar refractivity (Wildman–Crippen MR) is 159 cm³/mol. The maximum Gasteiger partial charge on any atom is 0.115 e. The van der Waals surface area contributed by atoms with Gasteiger partial charge in [0.25, 0.3) is 0 Å². The first kappa shape index (κ1) is 23.1. The number of fused-ring (bicyclic) bond motifs is 9. The zero-order valence-corrected chi connectivity index (χ0v) is 22.1. The smallest absolute Gasteiger partial charge is 0.115 e. The van der Waals surface area contributed by atoms with E-state index in [-0.39, 0.29) is 0 Å². The highest BCUT2D eigenvalue weighted by atomic mass is 16.3. The molecule has 0 aromatic heterocycles. The SMILES string of the molecule is OC1=CC2=CC[C@H]3CCC4CC=C5C=C(O)C=C[C@H]5C4C(c4cc5ccccc5c5ccccc45)C3C2C=C1. The van der Waals surface area contributed by atoms with Crippen molar-refractivity contribution in [1.82, 2.24) is 0 Å². The summed E-state index contributed by atoms with van der Waals surface area (Å²) in [5, 5.41) is 26.1. The van der Waals surface area contributed by atoms with Gasteiger partial charge in [-0.05, 0) is 118 Å². The van der Waals surface area contributed by atoms with E-state index < -0.39 is 0 Å². The number of aliphatic hydroxyl groups excluding tert-OH is 2. The van der Waals surface area contributed by atoms with Gasteiger partial charge in [0.2, 0.25) is 0 Å². The van der Waals surface area contributed by atoms with Crippen molar-refractivity contribution >= 4 is 21.5 Å². The standard InChI is InChI=1S/C37H34O2/c38-27-15-17-30-25(19-27)13-11-22-9-10-23-12-14-26-20-28(39)16-18-31(26)36(23)37(35(22)30)34-21-24-5-1-2-6-29(24)32-7-3-4-8-33(32)34/h1-8,13-23,30-31,35-39H,9-12H2/t22-,23?,30?,31-,35?,36?,37?/m1/s1. The molecule has 2 nitrogen and oxygen atoms in total. The van der Waals surface area contributed by atoms with Crippen LogP contribution in [-0.4, -0.2) is 10.2 Å². The van der Waals surface area contributed by atoms with Crippen LogP contribution in [0.1, 0.15) is 37.2 Å². The Bertz CT molecular complexity index is 1610. The Kier molecular flexibility index (Phi) is 5.27. The average molecular weight is 511 g/mol. The summed E-state index contributed by atoms with van der Waals surface area (Å²) in [7, 11) is 0. The second-order valence-corrected chi connectivity index (χ2v) is 12.3. The molecule has 0 bridgehead atoms. The lowest BCUT2D eigenvalue weighted by atomic mass is 9.56. The minimum atomic E-state index is 0.305. The van der Waals surface area contributed by atoms with E-state index in [2.05, 4.69) is 78.9 Å². The van der Waals surface area contributed by atoms with Crippen LogP contribution in [0.3, 0.4) is 0 Å². The van der Waals surface area contributed by atoms with Crippen LogP contribution in [0.2, 0.25) is 0 Å². The summed E-state index contributed by atoms with van der Waals surface area (Å²) >= 11 is 0. The first-order valence-electron chi connectivity index (χ1n) is 14.6. The molecule has 0 saturated heterocycles. The van der Waals surface area contributed by atoms with Gasteiger partial charge in [0, 0.05) is 11.8 Å². The van der Waals surface area contributed by atoms with Crippen molar-refractivity contribution in [2.24, 2.45) is 35.5 Å². The van der Waals surface area contributed by atoms with Crippen LogP contribution in [0.5, 0.6) is 0 Å². The Hall–Kier alpha value is -3.78. The van der Waals surface area contributed by atoms with E-state index in [4.69, 9.17) is 0 Å².